The summed E-state index contributed by atoms with van der Waals surface area (Å²) in [4.78, 5) is 0. The van der Waals surface area contributed by atoms with Crippen molar-refractivity contribution in [3.8, 4) is 0 Å². The summed E-state index contributed by atoms with van der Waals surface area (Å²) in [6.45, 7) is 0.330. The molecule has 1 atom stereocenters. The molecule has 0 fully saturated rings. The fraction of sp³-hybridized carbons (Fsp3) is 1.00. The molecule has 0 rings (SSSR count). The molecule has 0 heterocycles. The molecule has 4 nitrogen and oxygen atoms in total. The summed E-state index contributed by atoms with van der Waals surface area (Å²) in [6, 6.07) is 0. The van der Waals surface area contributed by atoms with Gasteiger partial charge in [-0.2, -0.15) is 0 Å². The monoisotopic (exact) mass is 138 g/mol. The predicted octanol–water partition coefficient (Wildman–Crippen LogP) is -1.25. The van der Waals surface area contributed by atoms with Crippen LogP contribution in [-0.2, 0) is 11.3 Å². The molecule has 50 valence electrons. The summed E-state index contributed by atoms with van der Waals surface area (Å²) in [5, 5.41) is 8.14. The molecule has 0 saturated carbocycles. The number of hydrogen-bond donors (Lipinski definition) is 2. The first kappa shape index (κ1) is 8.03. The first-order valence-corrected chi connectivity index (χ1v) is 3.28. The van der Waals surface area contributed by atoms with Crippen LogP contribution >= 0.6 is 0 Å². The summed E-state index contributed by atoms with van der Waals surface area (Å²) in [6.07, 6.45) is 0.466. The van der Waals surface area contributed by atoms with Gasteiger partial charge in [-0.15, -0.1) is 0 Å². The summed E-state index contributed by atoms with van der Waals surface area (Å²) in [5.74, 6) is 0. The van der Waals surface area contributed by atoms with Crippen molar-refractivity contribution < 1.29 is 13.9 Å². The first-order chi connectivity index (χ1) is 3.77. The maximum atomic E-state index is 9.68. The highest BCUT2D eigenvalue weighted by Crippen LogP contribution is 1.71. The van der Waals surface area contributed by atoms with Gasteiger partial charge in [-0.25, -0.2) is 4.72 Å². The first-order valence-electron chi connectivity index (χ1n) is 2.21. The second-order valence-corrected chi connectivity index (χ2v) is 1.96. The molecule has 0 aliphatic heterocycles. The Labute approximate surface area is 50.3 Å². The average molecular weight is 138 g/mol. The molecule has 0 saturated heterocycles. The van der Waals surface area contributed by atoms with Crippen LogP contribution in [0.2, 0.25) is 0 Å². The largest absolute Gasteiger partial charge is 0.760 e. The Balaban J connectivity index is 2.82. The van der Waals surface area contributed by atoms with Gasteiger partial charge in [-0.05, 0) is 6.42 Å². The molecule has 2 N–H and O–H groups in total. The molecule has 0 amide bonds. The van der Waals surface area contributed by atoms with Crippen LogP contribution in [0.25, 0.3) is 0 Å². The van der Waals surface area contributed by atoms with Gasteiger partial charge in [-0.3, -0.25) is 4.21 Å². The summed E-state index contributed by atoms with van der Waals surface area (Å²) in [5.41, 5.74) is 0. The van der Waals surface area contributed by atoms with E-state index in [1.54, 1.807) is 0 Å². The normalized spacial score (nSPS) is 13.8. The minimum atomic E-state index is -2.18. The predicted molar refractivity (Wildman–Crippen MR) is 28.6 cm³/mol. The van der Waals surface area contributed by atoms with Crippen LogP contribution in [0, 0.1) is 0 Å². The van der Waals surface area contributed by atoms with Gasteiger partial charge >= 0.3 is 0 Å². The van der Waals surface area contributed by atoms with Crippen molar-refractivity contribution in [2.75, 3.05) is 13.2 Å². The average Bonchev–Trinajstić information content (AvgIpc) is 1.66. The van der Waals surface area contributed by atoms with Crippen LogP contribution in [-0.4, -0.2) is 27.0 Å². The fourth-order valence-electron chi connectivity index (χ4n) is 0.235. The molecule has 0 aromatic rings. The molecule has 0 aromatic carbocycles. The van der Waals surface area contributed by atoms with Crippen molar-refractivity contribution in [3.63, 3.8) is 0 Å². The fourth-order valence-corrected chi connectivity index (χ4v) is 0.546. The van der Waals surface area contributed by atoms with Crippen LogP contribution in [0.15, 0.2) is 0 Å². The van der Waals surface area contributed by atoms with Crippen LogP contribution in [0.1, 0.15) is 6.42 Å². The highest BCUT2D eigenvalue weighted by atomic mass is 32.2. The van der Waals surface area contributed by atoms with Gasteiger partial charge in [0.15, 0.2) is 0 Å². The van der Waals surface area contributed by atoms with E-state index in [4.69, 9.17) is 5.11 Å². The molecule has 5 heteroatoms. The third-order valence-electron chi connectivity index (χ3n) is 0.555. The van der Waals surface area contributed by atoms with Crippen LogP contribution < -0.4 is 4.72 Å². The lowest BCUT2D eigenvalue weighted by Gasteiger charge is -2.03. The highest BCUT2D eigenvalue weighted by molar-refractivity contribution is 7.77. The number of hydrogen-bond acceptors (Lipinski definition) is 3. The lowest BCUT2D eigenvalue weighted by atomic mass is 10.5. The third-order valence-corrected chi connectivity index (χ3v) is 0.995. The number of rotatable bonds is 4. The van der Waals surface area contributed by atoms with E-state index in [2.05, 4.69) is 4.72 Å². The lowest BCUT2D eigenvalue weighted by molar-refractivity contribution is 0.289. The third kappa shape index (κ3) is 6.03. The topological polar surface area (TPSA) is 72.4 Å². The Hall–Kier alpha value is 0.0300. The Morgan fingerprint density at radius 1 is 1.75 bits per heavy atom. The summed E-state index contributed by atoms with van der Waals surface area (Å²) in [7, 11) is 0. The number of nitrogens with one attached hydrogen (secondary N) is 1. The van der Waals surface area contributed by atoms with Crippen LogP contribution in [0.5, 0.6) is 0 Å². The number of aliphatic hydroxyl groups is 1. The minimum absolute atomic E-state index is 0.0181. The second kappa shape index (κ2) is 5.17. The van der Waals surface area contributed by atoms with Crippen molar-refractivity contribution in [1.29, 1.82) is 0 Å². The second-order valence-electron chi connectivity index (χ2n) is 1.21. The summed E-state index contributed by atoms with van der Waals surface area (Å²) >= 11 is -2.18. The molecule has 8 heavy (non-hydrogen) atoms. The van der Waals surface area contributed by atoms with Crippen molar-refractivity contribution in [3.05, 3.63) is 0 Å². The zero-order valence-corrected chi connectivity index (χ0v) is 5.11. The van der Waals surface area contributed by atoms with E-state index in [1.807, 2.05) is 0 Å². The quantitative estimate of drug-likeness (QED) is 0.376. The highest BCUT2D eigenvalue weighted by Gasteiger charge is 1.81. The number of aliphatic hydroxyl groups excluding tert-OH is 1. The minimum Gasteiger partial charge on any atom is -0.760 e. The van der Waals surface area contributed by atoms with E-state index in [-0.39, 0.29) is 6.61 Å². The van der Waals surface area contributed by atoms with Crippen LogP contribution in [0.4, 0.5) is 0 Å². The van der Waals surface area contributed by atoms with Gasteiger partial charge in [0, 0.05) is 24.4 Å². The Bertz CT molecular complexity index is 76.9. The Morgan fingerprint density at radius 2 is 2.38 bits per heavy atom. The van der Waals surface area contributed by atoms with Gasteiger partial charge in [0.1, 0.15) is 0 Å². The van der Waals surface area contributed by atoms with Crippen LogP contribution in [0.3, 0.4) is 0 Å². The molecule has 1 unspecified atom stereocenters. The van der Waals surface area contributed by atoms with E-state index < -0.39 is 11.3 Å². The molecule has 0 radical (unpaired) electrons. The van der Waals surface area contributed by atoms with Crippen molar-refractivity contribution >= 4 is 11.3 Å². The van der Waals surface area contributed by atoms with E-state index in [1.165, 1.54) is 0 Å². The molecular weight excluding hydrogens is 130 g/mol. The van der Waals surface area contributed by atoms with Gasteiger partial charge < -0.3 is 9.66 Å². The zero-order valence-electron chi connectivity index (χ0n) is 4.29. The summed E-state index contributed by atoms with van der Waals surface area (Å²) < 4.78 is 21.5. The maximum Gasteiger partial charge on any atom is 0.0443 e. The zero-order chi connectivity index (χ0) is 6.41. The maximum absolute atomic E-state index is 9.68. The van der Waals surface area contributed by atoms with E-state index in [0.29, 0.717) is 13.0 Å². The standard InChI is InChI=1S/C3H9NO3S/c5-3-1-2-4-8(6)7/h4-5H,1-3H2,(H,6,7)/p-1. The molecule has 0 aromatic heterocycles. The molecule has 0 aliphatic rings. The lowest BCUT2D eigenvalue weighted by Crippen LogP contribution is -2.18. The van der Waals surface area contributed by atoms with Gasteiger partial charge in [-0.1, -0.05) is 0 Å². The van der Waals surface area contributed by atoms with E-state index in [0.717, 1.165) is 0 Å². The van der Waals surface area contributed by atoms with Gasteiger partial charge in [0.05, 0.1) is 0 Å². The van der Waals surface area contributed by atoms with E-state index in [9.17, 15) is 8.76 Å². The smallest absolute Gasteiger partial charge is 0.0443 e. The Kier molecular flexibility index (Phi) is 5.19. The molecule has 0 bridgehead atoms. The SMILES string of the molecule is O=S([O-])NCCCO. The van der Waals surface area contributed by atoms with Crippen molar-refractivity contribution in [2.45, 2.75) is 6.42 Å². The molecule has 0 aliphatic carbocycles. The van der Waals surface area contributed by atoms with Gasteiger partial charge in [0.25, 0.3) is 0 Å². The van der Waals surface area contributed by atoms with Gasteiger partial charge in [0.2, 0.25) is 0 Å². The Morgan fingerprint density at radius 3 is 2.75 bits per heavy atom. The molecule has 0 spiro atoms. The molecular formula is C3H8NO3S-. The van der Waals surface area contributed by atoms with Crippen molar-refractivity contribution in [2.24, 2.45) is 0 Å². The van der Waals surface area contributed by atoms with E-state index >= 15 is 0 Å². The van der Waals surface area contributed by atoms with Crippen molar-refractivity contribution in [1.82, 2.24) is 4.72 Å².